The van der Waals surface area contributed by atoms with E-state index in [9.17, 15) is 18.0 Å². The molecule has 2 rings (SSSR count). The highest BCUT2D eigenvalue weighted by molar-refractivity contribution is 7.89. The summed E-state index contributed by atoms with van der Waals surface area (Å²) in [5.41, 5.74) is 0.885. The van der Waals surface area contributed by atoms with Crippen LogP contribution in [0.4, 0.5) is 10.5 Å². The number of carboxylic acids is 1. The predicted molar refractivity (Wildman–Crippen MR) is 97.6 cm³/mol. The van der Waals surface area contributed by atoms with Gasteiger partial charge in [-0.3, -0.25) is 4.79 Å². The summed E-state index contributed by atoms with van der Waals surface area (Å²) in [7, 11) is -0.694. The summed E-state index contributed by atoms with van der Waals surface area (Å²) in [6.45, 7) is 1.64. The number of benzene rings is 1. The molecule has 9 heteroatoms. The highest BCUT2D eigenvalue weighted by Crippen LogP contribution is 2.26. The fraction of sp³-hybridized carbons (Fsp3) is 0.529. The standard InChI is InChI=1S/C17H25N3O5S/c1-11-14(5-4-6-15(11)26(24,25)20(2)3)19-17(23)18-13-9-7-12(8-10-13)16(21)22/h4-6,12-13H,7-10H2,1-3H3,(H,21,22)(H2,18,19,23). The second-order valence-electron chi connectivity index (χ2n) is 6.70. The first-order chi connectivity index (χ1) is 12.1. The number of anilines is 1. The van der Waals surface area contributed by atoms with Crippen LogP contribution in [0.2, 0.25) is 0 Å². The first-order valence-electron chi connectivity index (χ1n) is 8.45. The van der Waals surface area contributed by atoms with Crippen molar-refractivity contribution in [2.75, 3.05) is 19.4 Å². The van der Waals surface area contributed by atoms with E-state index in [1.807, 2.05) is 0 Å². The van der Waals surface area contributed by atoms with Gasteiger partial charge >= 0.3 is 12.0 Å². The number of hydrogen-bond donors (Lipinski definition) is 3. The van der Waals surface area contributed by atoms with Gasteiger partial charge in [-0.1, -0.05) is 6.07 Å². The van der Waals surface area contributed by atoms with Crippen molar-refractivity contribution >= 4 is 27.7 Å². The molecular weight excluding hydrogens is 358 g/mol. The van der Waals surface area contributed by atoms with Crippen molar-refractivity contribution in [2.45, 2.75) is 43.5 Å². The number of nitrogens with zero attached hydrogens (tertiary/aromatic N) is 1. The van der Waals surface area contributed by atoms with Gasteiger partial charge in [0.1, 0.15) is 0 Å². The molecule has 1 fully saturated rings. The number of carbonyl (C=O) groups is 2. The van der Waals surface area contributed by atoms with Crippen molar-refractivity contribution in [3.63, 3.8) is 0 Å². The topological polar surface area (TPSA) is 116 Å². The molecule has 3 N–H and O–H groups in total. The average Bonchev–Trinajstić information content (AvgIpc) is 2.56. The monoisotopic (exact) mass is 383 g/mol. The molecule has 0 aliphatic heterocycles. The normalized spacial score (nSPS) is 20.6. The summed E-state index contributed by atoms with van der Waals surface area (Å²) in [6.07, 6.45) is 2.29. The summed E-state index contributed by atoms with van der Waals surface area (Å²) in [5.74, 6) is -1.13. The number of sulfonamides is 1. The van der Waals surface area contributed by atoms with E-state index in [0.717, 1.165) is 4.31 Å². The highest BCUT2D eigenvalue weighted by atomic mass is 32.2. The smallest absolute Gasteiger partial charge is 0.319 e. The first-order valence-corrected chi connectivity index (χ1v) is 9.89. The van der Waals surface area contributed by atoms with Crippen molar-refractivity contribution in [1.82, 2.24) is 9.62 Å². The fourth-order valence-corrected chi connectivity index (χ4v) is 4.20. The van der Waals surface area contributed by atoms with E-state index in [0.29, 0.717) is 36.9 Å². The van der Waals surface area contributed by atoms with Gasteiger partial charge < -0.3 is 15.7 Å². The molecule has 0 saturated heterocycles. The Labute approximate surface area is 153 Å². The number of carboxylic acid groups (broad SMARTS) is 1. The van der Waals surface area contributed by atoms with Gasteiger partial charge in [-0.15, -0.1) is 0 Å². The molecule has 1 saturated carbocycles. The van der Waals surface area contributed by atoms with Crippen molar-refractivity contribution in [1.29, 1.82) is 0 Å². The number of nitrogens with one attached hydrogen (secondary N) is 2. The van der Waals surface area contributed by atoms with Gasteiger partial charge in [0.05, 0.1) is 10.8 Å². The van der Waals surface area contributed by atoms with Gasteiger partial charge in [0.15, 0.2) is 0 Å². The van der Waals surface area contributed by atoms with E-state index in [1.54, 1.807) is 19.1 Å². The van der Waals surface area contributed by atoms with E-state index in [-0.39, 0.29) is 16.9 Å². The largest absolute Gasteiger partial charge is 0.481 e. The Morgan fingerprint density at radius 3 is 2.31 bits per heavy atom. The van der Waals surface area contributed by atoms with Crippen LogP contribution in [0, 0.1) is 12.8 Å². The molecular formula is C17H25N3O5S. The summed E-state index contributed by atoms with van der Waals surface area (Å²) >= 11 is 0. The lowest BCUT2D eigenvalue weighted by atomic mass is 9.86. The lowest BCUT2D eigenvalue weighted by molar-refractivity contribution is -0.142. The maximum Gasteiger partial charge on any atom is 0.319 e. The molecule has 0 spiro atoms. The second-order valence-corrected chi connectivity index (χ2v) is 8.82. The van der Waals surface area contributed by atoms with Crippen molar-refractivity contribution in [3.05, 3.63) is 23.8 Å². The highest BCUT2D eigenvalue weighted by Gasteiger charge is 2.27. The summed E-state index contributed by atoms with van der Waals surface area (Å²) < 4.78 is 25.8. The number of carbonyl (C=O) groups excluding carboxylic acids is 1. The van der Waals surface area contributed by atoms with Gasteiger partial charge in [0.2, 0.25) is 10.0 Å². The number of aliphatic carboxylic acids is 1. The molecule has 0 bridgehead atoms. The van der Waals surface area contributed by atoms with Gasteiger partial charge in [-0.05, 0) is 50.3 Å². The third-order valence-electron chi connectivity index (χ3n) is 4.70. The molecule has 0 radical (unpaired) electrons. The molecule has 8 nitrogen and oxygen atoms in total. The zero-order chi connectivity index (χ0) is 19.5. The van der Waals surface area contributed by atoms with Crippen molar-refractivity contribution in [2.24, 2.45) is 5.92 Å². The van der Waals surface area contributed by atoms with Gasteiger partial charge in [-0.25, -0.2) is 17.5 Å². The molecule has 1 aromatic rings. The van der Waals surface area contributed by atoms with E-state index >= 15 is 0 Å². The quantitative estimate of drug-likeness (QED) is 0.719. The van der Waals surface area contributed by atoms with Gasteiger partial charge in [0, 0.05) is 25.8 Å². The maximum absolute atomic E-state index is 12.3. The van der Waals surface area contributed by atoms with Crippen LogP contribution in [0.5, 0.6) is 0 Å². The molecule has 0 heterocycles. The lowest BCUT2D eigenvalue weighted by Crippen LogP contribution is -2.41. The molecule has 1 aromatic carbocycles. The zero-order valence-electron chi connectivity index (χ0n) is 15.2. The van der Waals surface area contributed by atoms with Gasteiger partial charge in [0.25, 0.3) is 0 Å². The Kier molecular flexibility index (Phi) is 6.25. The number of rotatable bonds is 5. The average molecular weight is 383 g/mol. The van der Waals surface area contributed by atoms with Crippen LogP contribution in [-0.2, 0) is 14.8 Å². The van der Waals surface area contributed by atoms with Crippen LogP contribution in [-0.4, -0.2) is 50.0 Å². The van der Waals surface area contributed by atoms with E-state index < -0.39 is 22.0 Å². The molecule has 26 heavy (non-hydrogen) atoms. The van der Waals surface area contributed by atoms with E-state index in [1.165, 1.54) is 20.2 Å². The summed E-state index contributed by atoms with van der Waals surface area (Å²) in [6, 6.07) is 4.22. The minimum atomic E-state index is -3.60. The third-order valence-corrected chi connectivity index (χ3v) is 6.66. The second kappa shape index (κ2) is 8.05. The van der Waals surface area contributed by atoms with Crippen LogP contribution in [0.25, 0.3) is 0 Å². The predicted octanol–water partition coefficient (Wildman–Crippen LogP) is 2.01. The molecule has 1 aliphatic rings. The fourth-order valence-electron chi connectivity index (χ4n) is 3.05. The van der Waals surface area contributed by atoms with Crippen LogP contribution in [0.15, 0.2) is 23.1 Å². The maximum atomic E-state index is 12.3. The van der Waals surface area contributed by atoms with Crippen molar-refractivity contribution < 1.29 is 23.1 Å². The van der Waals surface area contributed by atoms with Gasteiger partial charge in [-0.2, -0.15) is 0 Å². The Morgan fingerprint density at radius 2 is 1.77 bits per heavy atom. The molecule has 0 unspecified atom stereocenters. The number of hydrogen-bond acceptors (Lipinski definition) is 4. The Hall–Kier alpha value is -2.13. The molecule has 144 valence electrons. The van der Waals surface area contributed by atoms with Crippen LogP contribution >= 0.6 is 0 Å². The van der Waals surface area contributed by atoms with Crippen LogP contribution in [0.1, 0.15) is 31.2 Å². The Bertz CT molecular complexity index is 784. The summed E-state index contributed by atoms with van der Waals surface area (Å²) in [4.78, 5) is 23.4. The Balaban J connectivity index is 2.03. The number of amides is 2. The molecule has 1 aliphatic carbocycles. The number of urea groups is 1. The van der Waals surface area contributed by atoms with E-state index in [2.05, 4.69) is 10.6 Å². The molecule has 0 aromatic heterocycles. The van der Waals surface area contributed by atoms with Crippen LogP contribution < -0.4 is 10.6 Å². The molecule has 0 atom stereocenters. The van der Waals surface area contributed by atoms with Crippen LogP contribution in [0.3, 0.4) is 0 Å². The zero-order valence-corrected chi connectivity index (χ0v) is 16.0. The Morgan fingerprint density at radius 1 is 1.15 bits per heavy atom. The summed E-state index contributed by atoms with van der Waals surface area (Å²) in [5, 5.41) is 14.5. The minimum absolute atomic E-state index is 0.0837. The first kappa shape index (κ1) is 20.2. The van der Waals surface area contributed by atoms with Crippen molar-refractivity contribution in [3.8, 4) is 0 Å². The van der Waals surface area contributed by atoms with E-state index in [4.69, 9.17) is 5.11 Å². The minimum Gasteiger partial charge on any atom is -0.481 e. The SMILES string of the molecule is Cc1c(NC(=O)NC2CCC(C(=O)O)CC2)cccc1S(=O)(=O)N(C)C. The molecule has 2 amide bonds. The lowest BCUT2D eigenvalue weighted by Gasteiger charge is -2.27. The third kappa shape index (κ3) is 4.53.